The van der Waals surface area contributed by atoms with Crippen molar-refractivity contribution in [2.45, 2.75) is 26.1 Å². The van der Waals surface area contributed by atoms with E-state index in [1.807, 2.05) is 6.92 Å². The van der Waals surface area contributed by atoms with Crippen LogP contribution in [-0.2, 0) is 19.1 Å². The number of amides is 1. The molecule has 1 aliphatic heterocycles. The molecule has 1 aromatic carbocycles. The number of benzene rings is 1. The molecular formula is C16H17F3N4O. The van der Waals surface area contributed by atoms with Gasteiger partial charge in [-0.25, -0.2) is 0 Å². The van der Waals surface area contributed by atoms with Gasteiger partial charge in [0.15, 0.2) is 5.69 Å². The molecule has 1 fully saturated rings. The summed E-state index contributed by atoms with van der Waals surface area (Å²) in [6.45, 7) is 3.72. The quantitative estimate of drug-likeness (QED) is 0.861. The summed E-state index contributed by atoms with van der Waals surface area (Å²) in [6.07, 6.45) is -2.04. The van der Waals surface area contributed by atoms with Crippen molar-refractivity contribution in [1.29, 1.82) is 0 Å². The van der Waals surface area contributed by atoms with Crippen molar-refractivity contribution in [2.24, 2.45) is 5.92 Å². The first-order valence-electron chi connectivity index (χ1n) is 7.72. The molecule has 3 rings (SSSR count). The summed E-state index contributed by atoms with van der Waals surface area (Å²) in [4.78, 5) is 13.9. The Kier molecular flexibility index (Phi) is 4.29. The van der Waals surface area contributed by atoms with Gasteiger partial charge in [-0.05, 0) is 37.0 Å². The lowest BCUT2D eigenvalue weighted by atomic mass is 9.91. The second-order valence-electron chi connectivity index (χ2n) is 5.93. The van der Waals surface area contributed by atoms with Crippen molar-refractivity contribution in [1.82, 2.24) is 19.9 Å². The van der Waals surface area contributed by atoms with Crippen LogP contribution in [0.4, 0.5) is 13.2 Å². The van der Waals surface area contributed by atoms with E-state index >= 15 is 0 Å². The Morgan fingerprint density at radius 2 is 1.92 bits per heavy atom. The van der Waals surface area contributed by atoms with Gasteiger partial charge in [-0.3, -0.25) is 9.48 Å². The Labute approximate surface area is 137 Å². The molecule has 8 heteroatoms. The van der Waals surface area contributed by atoms with Crippen LogP contribution in [0.2, 0.25) is 0 Å². The van der Waals surface area contributed by atoms with Crippen LogP contribution in [0.15, 0.2) is 30.5 Å². The average molecular weight is 338 g/mol. The minimum atomic E-state index is -4.31. The molecule has 0 N–H and O–H groups in total. The fourth-order valence-electron chi connectivity index (χ4n) is 2.74. The number of aromatic nitrogens is 3. The zero-order valence-electron chi connectivity index (χ0n) is 13.1. The molecule has 5 nitrogen and oxygen atoms in total. The third kappa shape index (κ3) is 3.42. The predicted molar refractivity (Wildman–Crippen MR) is 80.2 cm³/mol. The number of nitrogens with zero attached hydrogens (tertiary/aromatic N) is 4. The third-order valence-corrected chi connectivity index (χ3v) is 4.13. The number of alkyl halides is 3. The van der Waals surface area contributed by atoms with Gasteiger partial charge in [0.05, 0.1) is 11.8 Å². The zero-order chi connectivity index (χ0) is 17.3. The monoisotopic (exact) mass is 338 g/mol. The van der Waals surface area contributed by atoms with Crippen molar-refractivity contribution in [3.8, 4) is 0 Å². The van der Waals surface area contributed by atoms with Crippen molar-refractivity contribution in [3.05, 3.63) is 47.3 Å². The van der Waals surface area contributed by atoms with E-state index < -0.39 is 11.7 Å². The topological polar surface area (TPSA) is 51.0 Å². The van der Waals surface area contributed by atoms with Gasteiger partial charge in [0, 0.05) is 19.6 Å². The number of rotatable bonds is 4. The van der Waals surface area contributed by atoms with Crippen LogP contribution in [0.25, 0.3) is 0 Å². The summed E-state index contributed by atoms with van der Waals surface area (Å²) in [6, 6.07) is 5.19. The Balaban J connectivity index is 1.52. The maximum atomic E-state index is 12.5. The fraction of sp³-hybridized carbons (Fsp3) is 0.438. The van der Waals surface area contributed by atoms with Gasteiger partial charge < -0.3 is 4.90 Å². The lowest BCUT2D eigenvalue weighted by Gasteiger charge is -2.39. The molecule has 0 saturated carbocycles. The van der Waals surface area contributed by atoms with Gasteiger partial charge >= 0.3 is 6.18 Å². The first-order chi connectivity index (χ1) is 11.4. The summed E-state index contributed by atoms with van der Waals surface area (Å²) in [7, 11) is 0. The first-order valence-corrected chi connectivity index (χ1v) is 7.72. The lowest BCUT2D eigenvalue weighted by molar-refractivity contribution is -0.137. The van der Waals surface area contributed by atoms with Crippen LogP contribution >= 0.6 is 0 Å². The number of aryl methyl sites for hydroxylation is 1. The maximum Gasteiger partial charge on any atom is 0.416 e. The largest absolute Gasteiger partial charge is 0.416 e. The number of carbonyl (C=O) groups excluding carboxylic acids is 1. The van der Waals surface area contributed by atoms with Crippen molar-refractivity contribution in [3.63, 3.8) is 0 Å². The standard InChI is InChI=1S/C16H17F3N4O/c1-2-23-10-14(20-21-23)15(24)22-8-12(9-22)7-11-3-5-13(6-4-11)16(17,18)19/h3-6,10,12H,2,7-9H2,1H3. The molecule has 1 amide bonds. The Morgan fingerprint density at radius 1 is 1.25 bits per heavy atom. The molecule has 1 aromatic heterocycles. The molecule has 2 heterocycles. The predicted octanol–water partition coefficient (Wildman–Crippen LogP) is 2.63. The summed E-state index contributed by atoms with van der Waals surface area (Å²) >= 11 is 0. The minimum Gasteiger partial charge on any atom is -0.336 e. The van der Waals surface area contributed by atoms with E-state index in [1.54, 1.807) is 15.8 Å². The van der Waals surface area contributed by atoms with E-state index in [9.17, 15) is 18.0 Å². The fourth-order valence-corrected chi connectivity index (χ4v) is 2.74. The summed E-state index contributed by atoms with van der Waals surface area (Å²) in [5.41, 5.74) is 0.525. The van der Waals surface area contributed by atoms with Gasteiger partial charge in [0.2, 0.25) is 0 Å². The Hall–Kier alpha value is -2.38. The highest BCUT2D eigenvalue weighted by Gasteiger charge is 2.33. The van der Waals surface area contributed by atoms with Crippen LogP contribution in [-0.4, -0.2) is 38.9 Å². The Bertz CT molecular complexity index is 718. The molecule has 1 aliphatic rings. The molecule has 0 bridgehead atoms. The van der Waals surface area contributed by atoms with E-state index in [2.05, 4.69) is 10.3 Å². The van der Waals surface area contributed by atoms with Crippen LogP contribution < -0.4 is 0 Å². The molecule has 1 saturated heterocycles. The molecule has 0 aliphatic carbocycles. The highest BCUT2D eigenvalue weighted by molar-refractivity contribution is 5.92. The highest BCUT2D eigenvalue weighted by atomic mass is 19.4. The van der Waals surface area contributed by atoms with Crippen molar-refractivity contribution in [2.75, 3.05) is 13.1 Å². The Morgan fingerprint density at radius 3 is 2.46 bits per heavy atom. The van der Waals surface area contributed by atoms with Crippen LogP contribution in [0.5, 0.6) is 0 Å². The molecule has 0 radical (unpaired) electrons. The molecular weight excluding hydrogens is 321 g/mol. The number of likely N-dealkylation sites (tertiary alicyclic amines) is 1. The maximum absolute atomic E-state index is 12.5. The molecule has 0 unspecified atom stereocenters. The van der Waals surface area contributed by atoms with Gasteiger partial charge in [-0.15, -0.1) is 5.10 Å². The van der Waals surface area contributed by atoms with Gasteiger partial charge in [0.25, 0.3) is 5.91 Å². The molecule has 128 valence electrons. The van der Waals surface area contributed by atoms with Crippen LogP contribution in [0, 0.1) is 5.92 Å². The van der Waals surface area contributed by atoms with Gasteiger partial charge in [-0.2, -0.15) is 13.2 Å². The van der Waals surface area contributed by atoms with Crippen molar-refractivity contribution >= 4 is 5.91 Å². The van der Waals surface area contributed by atoms with Gasteiger partial charge in [-0.1, -0.05) is 17.3 Å². The van der Waals surface area contributed by atoms with E-state index in [-0.39, 0.29) is 11.8 Å². The second kappa shape index (κ2) is 6.26. The van der Waals surface area contributed by atoms with E-state index in [0.717, 1.165) is 17.7 Å². The van der Waals surface area contributed by atoms with E-state index in [4.69, 9.17) is 0 Å². The second-order valence-corrected chi connectivity index (χ2v) is 5.93. The minimum absolute atomic E-state index is 0.154. The van der Waals surface area contributed by atoms with E-state index in [0.29, 0.717) is 31.7 Å². The third-order valence-electron chi connectivity index (χ3n) is 4.13. The number of carbonyl (C=O) groups is 1. The van der Waals surface area contributed by atoms with Crippen LogP contribution in [0.1, 0.15) is 28.5 Å². The summed E-state index contributed by atoms with van der Waals surface area (Å²) < 4.78 is 39.2. The van der Waals surface area contributed by atoms with Crippen molar-refractivity contribution < 1.29 is 18.0 Å². The summed E-state index contributed by atoms with van der Waals surface area (Å²) in [5, 5.41) is 7.69. The van der Waals surface area contributed by atoms with Gasteiger partial charge in [0.1, 0.15) is 0 Å². The molecule has 0 spiro atoms. The highest BCUT2D eigenvalue weighted by Crippen LogP contribution is 2.30. The summed E-state index contributed by atoms with van der Waals surface area (Å²) in [5.74, 6) is 0.102. The molecule has 24 heavy (non-hydrogen) atoms. The molecule has 0 atom stereocenters. The number of halogens is 3. The average Bonchev–Trinajstić information content (AvgIpc) is 2.98. The first kappa shape index (κ1) is 16.5. The smallest absolute Gasteiger partial charge is 0.336 e. The SMILES string of the molecule is CCn1cc(C(=O)N2CC(Cc3ccc(C(F)(F)F)cc3)C2)nn1. The van der Waals surface area contributed by atoms with E-state index in [1.165, 1.54) is 12.1 Å². The van der Waals surface area contributed by atoms with Crippen LogP contribution in [0.3, 0.4) is 0 Å². The lowest BCUT2D eigenvalue weighted by Crippen LogP contribution is -2.50. The number of hydrogen-bond donors (Lipinski definition) is 0. The normalized spacial score (nSPS) is 15.4. The number of hydrogen-bond acceptors (Lipinski definition) is 3. The molecule has 2 aromatic rings. The zero-order valence-corrected chi connectivity index (χ0v) is 13.1.